The molecule has 6 heteroatoms. The molecule has 0 saturated carbocycles. The molecule has 6 nitrogen and oxygen atoms in total. The number of methoxy groups -OCH3 is 1. The second-order valence-electron chi connectivity index (χ2n) is 6.62. The fourth-order valence-corrected chi connectivity index (χ4v) is 3.09. The molecule has 2 N–H and O–H groups in total. The zero-order valence-electron chi connectivity index (χ0n) is 15.9. The second-order valence-corrected chi connectivity index (χ2v) is 6.62. The molecule has 25 heavy (non-hydrogen) atoms. The molecule has 0 spiro atoms. The summed E-state index contributed by atoms with van der Waals surface area (Å²) in [6, 6.07) is 8.53. The van der Waals surface area contributed by atoms with Crippen LogP contribution in [0.4, 0.5) is 0 Å². The largest absolute Gasteiger partial charge is 0.497 e. The SMILES string of the molecule is CN=C(NCc1cccc(OC)c1)NCC(C(C)C)N1CCOCC1. The summed E-state index contributed by atoms with van der Waals surface area (Å²) in [6.45, 7) is 9.78. The van der Waals surface area contributed by atoms with Gasteiger partial charge in [-0.2, -0.15) is 0 Å². The number of nitrogens with zero attached hydrogens (tertiary/aromatic N) is 2. The van der Waals surface area contributed by atoms with E-state index in [0.29, 0.717) is 18.5 Å². The summed E-state index contributed by atoms with van der Waals surface area (Å²) in [5.41, 5.74) is 1.16. The second kappa shape index (κ2) is 10.3. The van der Waals surface area contributed by atoms with Crippen molar-refractivity contribution in [2.45, 2.75) is 26.4 Å². The van der Waals surface area contributed by atoms with Crippen LogP contribution < -0.4 is 15.4 Å². The van der Waals surface area contributed by atoms with Crippen LogP contribution in [0.5, 0.6) is 5.75 Å². The maximum atomic E-state index is 5.47. The molecule has 1 aromatic rings. The Morgan fingerprint density at radius 1 is 1.28 bits per heavy atom. The van der Waals surface area contributed by atoms with E-state index in [-0.39, 0.29) is 0 Å². The summed E-state index contributed by atoms with van der Waals surface area (Å²) < 4.78 is 10.7. The lowest BCUT2D eigenvalue weighted by atomic mass is 10.0. The van der Waals surface area contributed by atoms with Crippen molar-refractivity contribution in [3.05, 3.63) is 29.8 Å². The fraction of sp³-hybridized carbons (Fsp3) is 0.632. The van der Waals surface area contributed by atoms with Gasteiger partial charge in [0.15, 0.2) is 5.96 Å². The molecule has 140 valence electrons. The van der Waals surface area contributed by atoms with Gasteiger partial charge >= 0.3 is 0 Å². The van der Waals surface area contributed by atoms with Gasteiger partial charge < -0.3 is 20.1 Å². The number of guanidine groups is 1. The normalized spacial score (nSPS) is 17.4. The predicted molar refractivity (Wildman–Crippen MR) is 102 cm³/mol. The molecule has 1 unspecified atom stereocenters. The minimum Gasteiger partial charge on any atom is -0.497 e. The number of hydrogen-bond acceptors (Lipinski definition) is 4. The maximum absolute atomic E-state index is 5.47. The summed E-state index contributed by atoms with van der Waals surface area (Å²) in [5.74, 6) is 2.26. The summed E-state index contributed by atoms with van der Waals surface area (Å²) in [7, 11) is 3.49. The molecule has 1 aliphatic rings. The third-order valence-electron chi connectivity index (χ3n) is 4.58. The lowest BCUT2D eigenvalue weighted by Crippen LogP contribution is -2.52. The quantitative estimate of drug-likeness (QED) is 0.580. The molecule has 0 bridgehead atoms. The van der Waals surface area contributed by atoms with Crippen molar-refractivity contribution in [1.82, 2.24) is 15.5 Å². The summed E-state index contributed by atoms with van der Waals surface area (Å²) in [6.07, 6.45) is 0. The summed E-state index contributed by atoms with van der Waals surface area (Å²) >= 11 is 0. The highest BCUT2D eigenvalue weighted by Gasteiger charge is 2.23. The molecule has 1 saturated heterocycles. The Balaban J connectivity index is 1.85. The molecule has 0 radical (unpaired) electrons. The van der Waals surface area contributed by atoms with Crippen LogP contribution in [0.3, 0.4) is 0 Å². The first kappa shape index (κ1) is 19.5. The maximum Gasteiger partial charge on any atom is 0.191 e. The third kappa shape index (κ3) is 6.21. The number of aliphatic imine (C=N–C) groups is 1. The van der Waals surface area contributed by atoms with Crippen molar-refractivity contribution in [2.75, 3.05) is 47.0 Å². The van der Waals surface area contributed by atoms with Crippen LogP contribution in [0.2, 0.25) is 0 Å². The Kier molecular flexibility index (Phi) is 8.01. The van der Waals surface area contributed by atoms with Gasteiger partial charge in [-0.1, -0.05) is 26.0 Å². The molecule has 0 aliphatic carbocycles. The Morgan fingerprint density at radius 3 is 2.68 bits per heavy atom. The van der Waals surface area contributed by atoms with E-state index in [1.54, 1.807) is 14.2 Å². The van der Waals surface area contributed by atoms with Crippen molar-refractivity contribution in [3.63, 3.8) is 0 Å². The lowest BCUT2D eigenvalue weighted by Gasteiger charge is -2.37. The van der Waals surface area contributed by atoms with E-state index in [1.165, 1.54) is 0 Å². The van der Waals surface area contributed by atoms with Crippen molar-refractivity contribution < 1.29 is 9.47 Å². The highest BCUT2D eigenvalue weighted by Crippen LogP contribution is 2.13. The number of morpholine rings is 1. The molecular formula is C19H32N4O2. The van der Waals surface area contributed by atoms with E-state index in [1.807, 2.05) is 18.2 Å². The molecule has 1 heterocycles. The van der Waals surface area contributed by atoms with Gasteiger partial charge in [0.2, 0.25) is 0 Å². The first-order chi connectivity index (χ1) is 12.1. The smallest absolute Gasteiger partial charge is 0.191 e. The first-order valence-electron chi connectivity index (χ1n) is 9.03. The standard InChI is InChI=1S/C19H32N4O2/c1-15(2)18(23-8-10-25-11-9-23)14-22-19(20-3)21-13-16-6-5-7-17(12-16)24-4/h5-7,12,15,18H,8-11,13-14H2,1-4H3,(H2,20,21,22). The van der Waals surface area contributed by atoms with Gasteiger partial charge in [0.05, 0.1) is 20.3 Å². The van der Waals surface area contributed by atoms with Crippen LogP contribution in [-0.2, 0) is 11.3 Å². The van der Waals surface area contributed by atoms with Crippen molar-refractivity contribution in [1.29, 1.82) is 0 Å². The Bertz CT molecular complexity index is 542. The van der Waals surface area contributed by atoms with E-state index < -0.39 is 0 Å². The molecule has 1 aliphatic heterocycles. The lowest BCUT2D eigenvalue weighted by molar-refractivity contribution is 0.00752. The molecule has 1 fully saturated rings. The van der Waals surface area contributed by atoms with Gasteiger partial charge in [-0.05, 0) is 23.6 Å². The highest BCUT2D eigenvalue weighted by atomic mass is 16.5. The fourth-order valence-electron chi connectivity index (χ4n) is 3.09. The average Bonchev–Trinajstić information content (AvgIpc) is 2.65. The van der Waals surface area contributed by atoms with Crippen LogP contribution in [0.15, 0.2) is 29.3 Å². The number of ether oxygens (including phenoxy) is 2. The highest BCUT2D eigenvalue weighted by molar-refractivity contribution is 5.79. The number of rotatable bonds is 7. The summed E-state index contributed by atoms with van der Waals surface area (Å²) in [4.78, 5) is 6.85. The zero-order chi connectivity index (χ0) is 18.1. The third-order valence-corrected chi connectivity index (χ3v) is 4.58. The van der Waals surface area contributed by atoms with E-state index in [0.717, 1.165) is 50.1 Å². The van der Waals surface area contributed by atoms with E-state index >= 15 is 0 Å². The molecule has 0 amide bonds. The minimum absolute atomic E-state index is 0.472. The topological polar surface area (TPSA) is 58.1 Å². The summed E-state index contributed by atoms with van der Waals surface area (Å²) in [5, 5.41) is 6.85. The van der Waals surface area contributed by atoms with Crippen molar-refractivity contribution in [3.8, 4) is 5.75 Å². The number of benzene rings is 1. The van der Waals surface area contributed by atoms with Gasteiger partial charge in [-0.3, -0.25) is 9.89 Å². The monoisotopic (exact) mass is 348 g/mol. The van der Waals surface area contributed by atoms with Crippen LogP contribution >= 0.6 is 0 Å². The zero-order valence-corrected chi connectivity index (χ0v) is 15.9. The average molecular weight is 348 g/mol. The van der Waals surface area contributed by atoms with Crippen molar-refractivity contribution >= 4 is 5.96 Å². The minimum atomic E-state index is 0.472. The van der Waals surface area contributed by atoms with Gasteiger partial charge in [-0.25, -0.2) is 0 Å². The number of hydrogen-bond donors (Lipinski definition) is 2. The number of nitrogens with one attached hydrogen (secondary N) is 2. The van der Waals surface area contributed by atoms with Gasteiger partial charge in [0, 0.05) is 39.3 Å². The van der Waals surface area contributed by atoms with Gasteiger partial charge in [-0.15, -0.1) is 0 Å². The Labute approximate surface area is 151 Å². The van der Waals surface area contributed by atoms with Crippen LogP contribution in [0.25, 0.3) is 0 Å². The van der Waals surface area contributed by atoms with Crippen molar-refractivity contribution in [2.24, 2.45) is 10.9 Å². The first-order valence-corrected chi connectivity index (χ1v) is 9.03. The van der Waals surface area contributed by atoms with Crippen LogP contribution in [0, 0.1) is 5.92 Å². The van der Waals surface area contributed by atoms with Gasteiger partial charge in [0.1, 0.15) is 5.75 Å². The van der Waals surface area contributed by atoms with Gasteiger partial charge in [0.25, 0.3) is 0 Å². The predicted octanol–water partition coefficient (Wildman–Crippen LogP) is 1.72. The Morgan fingerprint density at radius 2 is 2.04 bits per heavy atom. The molecule has 0 aromatic heterocycles. The molecular weight excluding hydrogens is 316 g/mol. The molecule has 2 rings (SSSR count). The molecule has 1 atom stereocenters. The van der Waals surface area contributed by atoms with E-state index in [4.69, 9.17) is 9.47 Å². The van der Waals surface area contributed by atoms with E-state index in [2.05, 4.69) is 40.4 Å². The van der Waals surface area contributed by atoms with E-state index in [9.17, 15) is 0 Å². The Hall–Kier alpha value is -1.79. The van der Waals surface area contributed by atoms with Crippen LogP contribution in [-0.4, -0.2) is 63.9 Å². The van der Waals surface area contributed by atoms with Crippen LogP contribution in [0.1, 0.15) is 19.4 Å². The molecule has 1 aromatic carbocycles.